The summed E-state index contributed by atoms with van der Waals surface area (Å²) in [4.78, 5) is 0. The fourth-order valence-electron chi connectivity index (χ4n) is 1.69. The van der Waals surface area contributed by atoms with E-state index in [0.29, 0.717) is 0 Å². The van der Waals surface area contributed by atoms with Crippen molar-refractivity contribution < 1.29 is 4.74 Å². The second-order valence-corrected chi connectivity index (χ2v) is 4.47. The highest BCUT2D eigenvalue weighted by Gasteiger charge is 2.19. The molecule has 2 rings (SSSR count). The van der Waals surface area contributed by atoms with Crippen molar-refractivity contribution in [3.8, 4) is 0 Å². The maximum absolute atomic E-state index is 5.61. The predicted molar refractivity (Wildman–Crippen MR) is 66.4 cm³/mol. The van der Waals surface area contributed by atoms with Crippen LogP contribution in [0.4, 0.5) is 0 Å². The molecule has 2 nitrogen and oxygen atoms in total. The number of hydrogen-bond donors (Lipinski definition) is 1. The van der Waals surface area contributed by atoms with E-state index in [0.717, 1.165) is 32.2 Å². The molecule has 88 valence electrons. The molecule has 1 aliphatic carbocycles. The third kappa shape index (κ3) is 4.77. The van der Waals surface area contributed by atoms with Gasteiger partial charge in [0.25, 0.3) is 0 Å². The lowest BCUT2D eigenvalue weighted by molar-refractivity contribution is 0.117. The van der Waals surface area contributed by atoms with Crippen LogP contribution in [-0.4, -0.2) is 19.2 Å². The molecule has 0 spiro atoms. The van der Waals surface area contributed by atoms with Crippen molar-refractivity contribution in [2.45, 2.75) is 38.3 Å². The van der Waals surface area contributed by atoms with E-state index in [1.165, 1.54) is 24.8 Å². The van der Waals surface area contributed by atoms with Crippen LogP contribution >= 0.6 is 0 Å². The summed E-state index contributed by atoms with van der Waals surface area (Å²) in [5.41, 5.74) is 1.26. The minimum absolute atomic E-state index is 0.747. The smallest absolute Gasteiger partial charge is 0.0716 e. The van der Waals surface area contributed by atoms with Gasteiger partial charge in [0.1, 0.15) is 0 Å². The van der Waals surface area contributed by atoms with Crippen LogP contribution in [0.25, 0.3) is 0 Å². The Labute approximate surface area is 98.0 Å². The van der Waals surface area contributed by atoms with E-state index in [1.54, 1.807) is 0 Å². The Balaban J connectivity index is 1.42. The Bertz CT molecular complexity index is 282. The normalized spacial score (nSPS) is 15.2. The lowest BCUT2D eigenvalue weighted by Crippen LogP contribution is -2.17. The highest BCUT2D eigenvalue weighted by Crippen LogP contribution is 2.18. The molecule has 0 aromatic heterocycles. The Hall–Kier alpha value is -0.860. The maximum Gasteiger partial charge on any atom is 0.0716 e. The van der Waals surface area contributed by atoms with Gasteiger partial charge >= 0.3 is 0 Å². The summed E-state index contributed by atoms with van der Waals surface area (Å²) in [6.45, 7) is 2.78. The molecule has 1 aromatic rings. The quantitative estimate of drug-likeness (QED) is 0.679. The van der Waals surface area contributed by atoms with Gasteiger partial charge in [-0.1, -0.05) is 30.3 Å². The van der Waals surface area contributed by atoms with Gasteiger partial charge in [-0.05, 0) is 37.8 Å². The third-order valence-electron chi connectivity index (χ3n) is 2.84. The first-order chi connectivity index (χ1) is 7.95. The van der Waals surface area contributed by atoms with Crippen LogP contribution in [0.3, 0.4) is 0 Å². The molecular weight excluding hydrogens is 198 g/mol. The fraction of sp³-hybridized carbons (Fsp3) is 0.571. The number of hydrogen-bond acceptors (Lipinski definition) is 2. The summed E-state index contributed by atoms with van der Waals surface area (Å²) in [6, 6.07) is 11.2. The van der Waals surface area contributed by atoms with Gasteiger partial charge < -0.3 is 10.1 Å². The van der Waals surface area contributed by atoms with Crippen LogP contribution in [-0.2, 0) is 11.3 Å². The Morgan fingerprint density at radius 2 is 1.94 bits per heavy atom. The SMILES string of the molecule is c1ccc(COCCCCNC2CC2)cc1. The van der Waals surface area contributed by atoms with Crippen molar-refractivity contribution in [2.75, 3.05) is 13.2 Å². The van der Waals surface area contributed by atoms with E-state index in [1.807, 2.05) is 6.07 Å². The fourth-order valence-corrected chi connectivity index (χ4v) is 1.69. The minimum Gasteiger partial charge on any atom is -0.377 e. The summed E-state index contributed by atoms with van der Waals surface area (Å²) in [7, 11) is 0. The second kappa shape index (κ2) is 6.66. The van der Waals surface area contributed by atoms with Gasteiger partial charge in [-0.25, -0.2) is 0 Å². The maximum atomic E-state index is 5.61. The van der Waals surface area contributed by atoms with Gasteiger partial charge in [0.05, 0.1) is 6.61 Å². The molecule has 0 saturated heterocycles. The van der Waals surface area contributed by atoms with Gasteiger partial charge in [-0.15, -0.1) is 0 Å². The highest BCUT2D eigenvalue weighted by molar-refractivity contribution is 5.13. The molecule has 0 bridgehead atoms. The largest absolute Gasteiger partial charge is 0.377 e. The lowest BCUT2D eigenvalue weighted by Gasteiger charge is -2.05. The first-order valence-corrected chi connectivity index (χ1v) is 6.30. The summed E-state index contributed by atoms with van der Waals surface area (Å²) in [6.07, 6.45) is 5.15. The number of benzene rings is 1. The zero-order valence-corrected chi connectivity index (χ0v) is 9.82. The molecule has 0 unspecified atom stereocenters. The standard InChI is InChI=1S/C14H21NO/c1-2-6-13(7-3-1)12-16-11-5-4-10-15-14-8-9-14/h1-3,6-7,14-15H,4-5,8-12H2. The molecule has 2 heteroatoms. The van der Waals surface area contributed by atoms with Gasteiger partial charge in [-0.2, -0.15) is 0 Å². The molecular formula is C14H21NO. The monoisotopic (exact) mass is 219 g/mol. The van der Waals surface area contributed by atoms with Gasteiger partial charge in [0.15, 0.2) is 0 Å². The number of nitrogens with one attached hydrogen (secondary N) is 1. The summed E-state index contributed by atoms with van der Waals surface area (Å²) >= 11 is 0. The average molecular weight is 219 g/mol. The van der Waals surface area contributed by atoms with Crippen LogP contribution in [0.5, 0.6) is 0 Å². The van der Waals surface area contributed by atoms with Crippen molar-refractivity contribution >= 4 is 0 Å². The van der Waals surface area contributed by atoms with E-state index >= 15 is 0 Å². The zero-order valence-electron chi connectivity index (χ0n) is 9.82. The molecule has 1 fully saturated rings. The van der Waals surface area contributed by atoms with Crippen LogP contribution in [0.15, 0.2) is 30.3 Å². The number of unbranched alkanes of at least 4 members (excludes halogenated alkanes) is 1. The zero-order chi connectivity index (χ0) is 11.1. The van der Waals surface area contributed by atoms with Crippen molar-refractivity contribution in [2.24, 2.45) is 0 Å². The summed E-state index contributed by atoms with van der Waals surface area (Å²) in [5.74, 6) is 0. The Kier molecular flexibility index (Phi) is 4.84. The molecule has 16 heavy (non-hydrogen) atoms. The first kappa shape index (κ1) is 11.6. The third-order valence-corrected chi connectivity index (χ3v) is 2.84. The average Bonchev–Trinajstić information content (AvgIpc) is 3.13. The molecule has 0 aliphatic heterocycles. The van der Waals surface area contributed by atoms with Gasteiger partial charge in [-0.3, -0.25) is 0 Å². The van der Waals surface area contributed by atoms with Crippen LogP contribution in [0.2, 0.25) is 0 Å². The molecule has 0 amide bonds. The topological polar surface area (TPSA) is 21.3 Å². The van der Waals surface area contributed by atoms with Gasteiger partial charge in [0.2, 0.25) is 0 Å². The predicted octanol–water partition coefficient (Wildman–Crippen LogP) is 2.74. The molecule has 1 aliphatic rings. The van der Waals surface area contributed by atoms with Crippen LogP contribution < -0.4 is 5.32 Å². The number of rotatable bonds is 8. The van der Waals surface area contributed by atoms with Crippen molar-refractivity contribution in [1.29, 1.82) is 0 Å². The molecule has 1 N–H and O–H groups in total. The van der Waals surface area contributed by atoms with Crippen molar-refractivity contribution in [3.63, 3.8) is 0 Å². The first-order valence-electron chi connectivity index (χ1n) is 6.30. The number of ether oxygens (including phenoxy) is 1. The van der Waals surface area contributed by atoms with E-state index in [-0.39, 0.29) is 0 Å². The van der Waals surface area contributed by atoms with E-state index in [4.69, 9.17) is 4.74 Å². The molecule has 1 saturated carbocycles. The lowest BCUT2D eigenvalue weighted by atomic mass is 10.2. The Morgan fingerprint density at radius 3 is 2.69 bits per heavy atom. The molecule has 0 heterocycles. The molecule has 0 atom stereocenters. The van der Waals surface area contributed by atoms with Crippen LogP contribution in [0.1, 0.15) is 31.2 Å². The molecule has 0 radical (unpaired) electrons. The summed E-state index contributed by atoms with van der Waals surface area (Å²) < 4.78 is 5.61. The van der Waals surface area contributed by atoms with E-state index in [9.17, 15) is 0 Å². The van der Waals surface area contributed by atoms with Gasteiger partial charge in [0, 0.05) is 12.6 Å². The van der Waals surface area contributed by atoms with E-state index in [2.05, 4.69) is 29.6 Å². The Morgan fingerprint density at radius 1 is 1.12 bits per heavy atom. The second-order valence-electron chi connectivity index (χ2n) is 4.47. The molecule has 1 aromatic carbocycles. The summed E-state index contributed by atoms with van der Waals surface area (Å²) in [5, 5.41) is 3.51. The minimum atomic E-state index is 0.747. The van der Waals surface area contributed by atoms with Crippen molar-refractivity contribution in [3.05, 3.63) is 35.9 Å². The van der Waals surface area contributed by atoms with Crippen LogP contribution in [0, 0.1) is 0 Å². The van der Waals surface area contributed by atoms with E-state index < -0.39 is 0 Å². The van der Waals surface area contributed by atoms with Crippen molar-refractivity contribution in [1.82, 2.24) is 5.32 Å². The highest BCUT2D eigenvalue weighted by atomic mass is 16.5.